The molecule has 0 radical (unpaired) electrons. The van der Waals surface area contributed by atoms with Crippen molar-refractivity contribution < 1.29 is 4.79 Å². The molecule has 0 aliphatic heterocycles. The van der Waals surface area contributed by atoms with E-state index in [0.29, 0.717) is 0 Å². The molecule has 0 aliphatic rings. The molecule has 0 unspecified atom stereocenters. The Morgan fingerprint density at radius 3 is 2.50 bits per heavy atom. The zero-order chi connectivity index (χ0) is 9.40. The highest BCUT2D eigenvalue weighted by atomic mass is 16.1. The van der Waals surface area contributed by atoms with Crippen LogP contribution in [-0.2, 0) is 4.79 Å². The van der Waals surface area contributed by atoms with E-state index in [0.717, 1.165) is 19.6 Å². The molecule has 0 aromatic rings. The number of rotatable bonds is 6. The molecule has 0 rings (SSSR count). The first kappa shape index (κ1) is 11.4. The van der Waals surface area contributed by atoms with Crippen molar-refractivity contribution in [2.45, 2.75) is 27.2 Å². The molecule has 0 spiro atoms. The Labute approximate surface area is 75.3 Å². The summed E-state index contributed by atoms with van der Waals surface area (Å²) in [5.74, 6) is 0.127. The predicted octanol–water partition coefficient (Wildman–Crippen LogP) is 1.86. The predicted molar refractivity (Wildman–Crippen MR) is 52.2 cm³/mol. The Balaban J connectivity index is 3.63. The molecule has 70 valence electrons. The average Bonchev–Trinajstić information content (AvgIpc) is 2.02. The second-order valence-electron chi connectivity index (χ2n) is 2.91. The smallest absolute Gasteiger partial charge is 0.152 e. The lowest BCUT2D eigenvalue weighted by Crippen LogP contribution is -2.24. The number of carbonyl (C=O) groups is 1. The summed E-state index contributed by atoms with van der Waals surface area (Å²) < 4.78 is 0. The van der Waals surface area contributed by atoms with Gasteiger partial charge in [-0.25, -0.2) is 0 Å². The van der Waals surface area contributed by atoms with Crippen LogP contribution in [0.5, 0.6) is 0 Å². The molecular formula is C10H19NO. The third kappa shape index (κ3) is 6.10. The van der Waals surface area contributed by atoms with Crippen molar-refractivity contribution >= 4 is 5.78 Å². The number of likely N-dealkylation sites (N-methyl/N-ethyl adjacent to an activating group) is 1. The van der Waals surface area contributed by atoms with Crippen molar-refractivity contribution in [2.24, 2.45) is 0 Å². The molecule has 0 saturated carbocycles. The highest BCUT2D eigenvalue weighted by Crippen LogP contribution is 1.91. The van der Waals surface area contributed by atoms with E-state index in [1.165, 1.54) is 6.42 Å². The zero-order valence-electron chi connectivity index (χ0n) is 8.34. The summed E-state index contributed by atoms with van der Waals surface area (Å²) >= 11 is 0. The van der Waals surface area contributed by atoms with Crippen molar-refractivity contribution in [3.63, 3.8) is 0 Å². The van der Waals surface area contributed by atoms with Gasteiger partial charge in [0, 0.05) is 6.54 Å². The summed E-state index contributed by atoms with van der Waals surface area (Å²) in [5, 5.41) is 0. The van der Waals surface area contributed by atoms with Crippen LogP contribution in [0, 0.1) is 0 Å². The Kier molecular flexibility index (Phi) is 6.67. The van der Waals surface area contributed by atoms with Crippen molar-refractivity contribution in [3.8, 4) is 0 Å². The lowest BCUT2D eigenvalue weighted by Gasteiger charge is -2.16. The van der Waals surface area contributed by atoms with Gasteiger partial charge in [-0.3, -0.25) is 9.69 Å². The van der Waals surface area contributed by atoms with Gasteiger partial charge in [-0.15, -0.1) is 0 Å². The van der Waals surface area contributed by atoms with Crippen LogP contribution in [0.4, 0.5) is 0 Å². The second-order valence-corrected chi connectivity index (χ2v) is 2.91. The first-order chi connectivity index (χ1) is 5.70. The van der Waals surface area contributed by atoms with Crippen LogP contribution in [0.15, 0.2) is 12.2 Å². The lowest BCUT2D eigenvalue weighted by molar-refractivity contribution is -0.112. The molecule has 0 saturated heterocycles. The number of hydrogen-bond acceptors (Lipinski definition) is 2. The first-order valence-electron chi connectivity index (χ1n) is 4.60. The van der Waals surface area contributed by atoms with Gasteiger partial charge in [0.25, 0.3) is 0 Å². The summed E-state index contributed by atoms with van der Waals surface area (Å²) in [4.78, 5) is 12.9. The summed E-state index contributed by atoms with van der Waals surface area (Å²) in [6.07, 6.45) is 4.74. The average molecular weight is 169 g/mol. The van der Waals surface area contributed by atoms with Crippen molar-refractivity contribution in [1.29, 1.82) is 0 Å². The molecule has 2 heteroatoms. The highest BCUT2D eigenvalue weighted by molar-refractivity contribution is 5.87. The van der Waals surface area contributed by atoms with E-state index in [1.807, 2.05) is 6.08 Å². The summed E-state index contributed by atoms with van der Waals surface area (Å²) in [5.41, 5.74) is 0. The fourth-order valence-corrected chi connectivity index (χ4v) is 1.06. The Morgan fingerprint density at radius 2 is 2.08 bits per heavy atom. The van der Waals surface area contributed by atoms with Gasteiger partial charge in [0.05, 0.1) is 0 Å². The molecule has 0 amide bonds. The topological polar surface area (TPSA) is 20.3 Å². The number of hydrogen-bond donors (Lipinski definition) is 0. The quantitative estimate of drug-likeness (QED) is 0.566. The lowest BCUT2D eigenvalue weighted by atomic mass is 10.3. The van der Waals surface area contributed by atoms with Crippen LogP contribution in [0.25, 0.3) is 0 Å². The van der Waals surface area contributed by atoms with Crippen LogP contribution in [0.1, 0.15) is 27.2 Å². The minimum Gasteiger partial charge on any atom is -0.300 e. The fourth-order valence-electron chi connectivity index (χ4n) is 1.06. The number of carbonyl (C=O) groups excluding carboxylic acids is 1. The van der Waals surface area contributed by atoms with Crippen molar-refractivity contribution in [1.82, 2.24) is 4.90 Å². The van der Waals surface area contributed by atoms with Crippen LogP contribution in [0.3, 0.4) is 0 Å². The molecule has 0 fully saturated rings. The molecule has 0 heterocycles. The summed E-state index contributed by atoms with van der Waals surface area (Å²) in [6, 6.07) is 0. The molecule has 2 nitrogen and oxygen atoms in total. The van der Waals surface area contributed by atoms with E-state index < -0.39 is 0 Å². The van der Waals surface area contributed by atoms with E-state index in [4.69, 9.17) is 0 Å². The van der Waals surface area contributed by atoms with Crippen LogP contribution >= 0.6 is 0 Å². The maximum Gasteiger partial charge on any atom is 0.152 e. The Hall–Kier alpha value is -0.630. The van der Waals surface area contributed by atoms with Crippen molar-refractivity contribution in [3.05, 3.63) is 12.2 Å². The number of ketones is 1. The van der Waals surface area contributed by atoms with Gasteiger partial charge in [-0.05, 0) is 32.5 Å². The van der Waals surface area contributed by atoms with Crippen LogP contribution < -0.4 is 0 Å². The fraction of sp³-hybridized carbons (Fsp3) is 0.700. The van der Waals surface area contributed by atoms with Gasteiger partial charge >= 0.3 is 0 Å². The molecule has 0 aromatic heterocycles. The van der Waals surface area contributed by atoms with E-state index >= 15 is 0 Å². The molecule has 0 N–H and O–H groups in total. The Morgan fingerprint density at radius 1 is 1.42 bits per heavy atom. The highest BCUT2D eigenvalue weighted by Gasteiger charge is 1.96. The number of nitrogens with zero attached hydrogens (tertiary/aromatic N) is 1. The van der Waals surface area contributed by atoms with Gasteiger partial charge in [0.2, 0.25) is 0 Å². The van der Waals surface area contributed by atoms with Crippen LogP contribution in [0.2, 0.25) is 0 Å². The van der Waals surface area contributed by atoms with Gasteiger partial charge in [0.1, 0.15) is 0 Å². The minimum absolute atomic E-state index is 0.127. The standard InChI is InChI=1S/C10H19NO/c1-4-8-11(5-2)9-6-7-10(3)12/h6-7H,4-5,8-9H2,1-3H3/b7-6+. The maximum absolute atomic E-state index is 10.6. The molecule has 12 heavy (non-hydrogen) atoms. The zero-order valence-corrected chi connectivity index (χ0v) is 8.34. The van der Waals surface area contributed by atoms with Crippen molar-refractivity contribution in [2.75, 3.05) is 19.6 Å². The van der Waals surface area contributed by atoms with Gasteiger partial charge in [0.15, 0.2) is 5.78 Å². The molecular weight excluding hydrogens is 150 g/mol. The summed E-state index contributed by atoms with van der Waals surface area (Å²) in [6.45, 7) is 8.93. The maximum atomic E-state index is 10.6. The SMILES string of the molecule is CCCN(CC)C/C=C/C(C)=O. The summed E-state index contributed by atoms with van der Waals surface area (Å²) in [7, 11) is 0. The first-order valence-corrected chi connectivity index (χ1v) is 4.60. The van der Waals surface area contributed by atoms with Gasteiger partial charge in [-0.2, -0.15) is 0 Å². The third-order valence-corrected chi connectivity index (χ3v) is 1.70. The molecule has 0 aromatic carbocycles. The largest absolute Gasteiger partial charge is 0.300 e. The molecule has 0 aliphatic carbocycles. The van der Waals surface area contributed by atoms with E-state index in [2.05, 4.69) is 18.7 Å². The van der Waals surface area contributed by atoms with E-state index in [-0.39, 0.29) is 5.78 Å². The third-order valence-electron chi connectivity index (χ3n) is 1.70. The minimum atomic E-state index is 0.127. The van der Waals surface area contributed by atoms with E-state index in [1.54, 1.807) is 13.0 Å². The Bertz CT molecular complexity index is 152. The second kappa shape index (κ2) is 7.04. The van der Waals surface area contributed by atoms with Crippen LogP contribution in [-0.4, -0.2) is 30.3 Å². The van der Waals surface area contributed by atoms with Gasteiger partial charge < -0.3 is 0 Å². The molecule has 0 bridgehead atoms. The van der Waals surface area contributed by atoms with Gasteiger partial charge in [-0.1, -0.05) is 19.9 Å². The monoisotopic (exact) mass is 169 g/mol. The number of allylic oxidation sites excluding steroid dienone is 1. The van der Waals surface area contributed by atoms with E-state index in [9.17, 15) is 4.79 Å². The molecule has 0 atom stereocenters. The normalized spacial score (nSPS) is 11.3.